The minimum atomic E-state index is -4.70. The van der Waals surface area contributed by atoms with Crippen LogP contribution in [0.2, 0.25) is 0 Å². The highest BCUT2D eigenvalue weighted by atomic mass is 19.4. The van der Waals surface area contributed by atoms with E-state index in [9.17, 15) is 23.3 Å². The van der Waals surface area contributed by atoms with Gasteiger partial charge in [-0.2, -0.15) is 18.3 Å². The fourth-order valence-electron chi connectivity index (χ4n) is 1.86. The van der Waals surface area contributed by atoms with Crippen LogP contribution in [0.25, 0.3) is 0 Å². The van der Waals surface area contributed by atoms with E-state index in [0.29, 0.717) is 17.4 Å². The minimum absolute atomic E-state index is 0.260. The van der Waals surface area contributed by atoms with Gasteiger partial charge >= 0.3 is 6.18 Å². The molecule has 2 rings (SSSR count). The van der Waals surface area contributed by atoms with E-state index < -0.39 is 22.4 Å². The number of aromatic nitrogens is 2. The lowest BCUT2D eigenvalue weighted by atomic mass is 10.1. The third kappa shape index (κ3) is 3.12. The van der Waals surface area contributed by atoms with Crippen LogP contribution in [0.5, 0.6) is 0 Å². The highest BCUT2D eigenvalue weighted by Crippen LogP contribution is 2.38. The van der Waals surface area contributed by atoms with Crippen LogP contribution in [-0.4, -0.2) is 14.7 Å². The predicted octanol–water partition coefficient (Wildman–Crippen LogP) is 3.40. The van der Waals surface area contributed by atoms with Crippen molar-refractivity contribution >= 4 is 17.1 Å². The second kappa shape index (κ2) is 5.08. The molecule has 0 unspecified atom stereocenters. The Hall–Kier alpha value is -2.58. The fraction of sp³-hybridized carbons (Fsp3) is 0.250. The van der Waals surface area contributed by atoms with E-state index in [4.69, 9.17) is 0 Å². The fourth-order valence-corrected chi connectivity index (χ4v) is 1.86. The Morgan fingerprint density at radius 1 is 1.33 bits per heavy atom. The van der Waals surface area contributed by atoms with E-state index in [-0.39, 0.29) is 5.69 Å². The molecule has 0 aliphatic carbocycles. The maximum atomic E-state index is 13.0. The summed E-state index contributed by atoms with van der Waals surface area (Å²) >= 11 is 0. The molecule has 0 saturated carbocycles. The molecule has 1 N–H and O–H groups in total. The molecule has 2 aromatic rings. The molecule has 1 aromatic heterocycles. The summed E-state index contributed by atoms with van der Waals surface area (Å²) in [4.78, 5) is 9.74. The van der Waals surface area contributed by atoms with Crippen LogP contribution >= 0.6 is 0 Å². The second-order valence-electron chi connectivity index (χ2n) is 4.41. The van der Waals surface area contributed by atoms with E-state index in [2.05, 4.69) is 10.4 Å². The topological polar surface area (TPSA) is 73.0 Å². The molecule has 9 heteroatoms. The van der Waals surface area contributed by atoms with E-state index >= 15 is 0 Å². The van der Waals surface area contributed by atoms with E-state index in [1.54, 1.807) is 14.0 Å². The number of nitro groups is 1. The van der Waals surface area contributed by atoms with Crippen LogP contribution in [-0.2, 0) is 13.2 Å². The number of aryl methyl sites for hydroxylation is 2. The average Bonchev–Trinajstić information content (AvgIpc) is 2.66. The van der Waals surface area contributed by atoms with Crippen molar-refractivity contribution in [1.29, 1.82) is 0 Å². The molecule has 0 amide bonds. The van der Waals surface area contributed by atoms with Crippen LogP contribution in [0.4, 0.5) is 30.2 Å². The minimum Gasteiger partial charge on any atom is -0.352 e. The molecule has 0 fully saturated rings. The Balaban J connectivity index is 2.48. The van der Waals surface area contributed by atoms with Crippen molar-refractivity contribution in [1.82, 2.24) is 9.78 Å². The standard InChI is InChI=1S/C12H11F3N4O2/c1-7-11(6-18(2)17-7)16-10-4-3-8(19(20)21)5-9(10)12(13,14)15/h3-6,16H,1-2H3. The summed E-state index contributed by atoms with van der Waals surface area (Å²) in [7, 11) is 1.64. The smallest absolute Gasteiger partial charge is 0.352 e. The monoisotopic (exact) mass is 300 g/mol. The number of benzene rings is 1. The van der Waals surface area contributed by atoms with Gasteiger partial charge in [-0.25, -0.2) is 0 Å². The summed E-state index contributed by atoms with van der Waals surface area (Å²) in [6.07, 6.45) is -3.18. The van der Waals surface area contributed by atoms with Crippen molar-refractivity contribution in [3.05, 3.63) is 45.8 Å². The van der Waals surface area contributed by atoms with Crippen LogP contribution in [0.1, 0.15) is 11.3 Å². The molecule has 0 atom stereocenters. The Bertz CT molecular complexity index is 694. The van der Waals surface area contributed by atoms with Crippen molar-refractivity contribution < 1.29 is 18.1 Å². The SMILES string of the molecule is Cc1nn(C)cc1Nc1ccc([N+](=O)[O-])cc1C(F)(F)F. The van der Waals surface area contributed by atoms with Crippen molar-refractivity contribution in [3.63, 3.8) is 0 Å². The first-order valence-corrected chi connectivity index (χ1v) is 5.81. The summed E-state index contributed by atoms with van der Waals surface area (Å²) in [6, 6.07) is 2.56. The zero-order valence-electron chi connectivity index (χ0n) is 11.1. The van der Waals surface area contributed by atoms with Gasteiger partial charge in [0.15, 0.2) is 0 Å². The van der Waals surface area contributed by atoms with Gasteiger partial charge in [-0.15, -0.1) is 0 Å². The molecule has 1 aromatic carbocycles. The molecule has 0 aliphatic rings. The van der Waals surface area contributed by atoms with Gasteiger partial charge in [-0.3, -0.25) is 14.8 Å². The molecular weight excluding hydrogens is 289 g/mol. The summed E-state index contributed by atoms with van der Waals surface area (Å²) in [5.74, 6) is 0. The van der Waals surface area contributed by atoms with Crippen molar-refractivity contribution in [3.8, 4) is 0 Å². The molecule has 0 bridgehead atoms. The highest BCUT2D eigenvalue weighted by molar-refractivity contribution is 5.66. The van der Waals surface area contributed by atoms with Gasteiger partial charge in [0.2, 0.25) is 0 Å². The summed E-state index contributed by atoms with van der Waals surface area (Å²) in [5.41, 5.74) is -1.05. The molecule has 21 heavy (non-hydrogen) atoms. The predicted molar refractivity (Wildman–Crippen MR) is 69.3 cm³/mol. The molecule has 0 spiro atoms. The Kier molecular flexibility index (Phi) is 3.58. The summed E-state index contributed by atoms with van der Waals surface area (Å²) < 4.78 is 40.5. The Labute approximate surface area is 117 Å². The second-order valence-corrected chi connectivity index (χ2v) is 4.41. The number of halogens is 3. The number of alkyl halides is 3. The number of hydrogen-bond donors (Lipinski definition) is 1. The van der Waals surface area contributed by atoms with Crippen LogP contribution in [0.3, 0.4) is 0 Å². The Morgan fingerprint density at radius 3 is 2.48 bits per heavy atom. The Morgan fingerprint density at radius 2 is 2.00 bits per heavy atom. The quantitative estimate of drug-likeness (QED) is 0.696. The molecule has 6 nitrogen and oxygen atoms in total. The van der Waals surface area contributed by atoms with Crippen LogP contribution < -0.4 is 5.32 Å². The van der Waals surface area contributed by atoms with Crippen molar-refractivity contribution in [2.75, 3.05) is 5.32 Å². The maximum Gasteiger partial charge on any atom is 0.418 e. The number of nitrogens with zero attached hydrogens (tertiary/aromatic N) is 3. The van der Waals surface area contributed by atoms with Crippen molar-refractivity contribution in [2.45, 2.75) is 13.1 Å². The average molecular weight is 300 g/mol. The largest absolute Gasteiger partial charge is 0.418 e. The zero-order valence-corrected chi connectivity index (χ0v) is 11.1. The van der Waals surface area contributed by atoms with E-state index in [0.717, 1.165) is 12.1 Å². The molecule has 1 heterocycles. The van der Waals surface area contributed by atoms with Gasteiger partial charge < -0.3 is 5.32 Å². The number of hydrogen-bond acceptors (Lipinski definition) is 4. The number of nitro benzene ring substituents is 1. The van der Waals surface area contributed by atoms with E-state index in [1.165, 1.54) is 10.9 Å². The maximum absolute atomic E-state index is 13.0. The first-order valence-electron chi connectivity index (χ1n) is 5.81. The van der Waals surface area contributed by atoms with Gasteiger partial charge in [-0.1, -0.05) is 0 Å². The third-order valence-corrected chi connectivity index (χ3v) is 2.80. The normalized spacial score (nSPS) is 11.5. The molecule has 0 radical (unpaired) electrons. The van der Waals surface area contributed by atoms with Gasteiger partial charge in [0.05, 0.1) is 27.6 Å². The first-order chi connectivity index (χ1) is 9.68. The van der Waals surface area contributed by atoms with Gasteiger partial charge in [0.1, 0.15) is 0 Å². The summed E-state index contributed by atoms with van der Waals surface area (Å²) in [5, 5.41) is 17.2. The first kappa shape index (κ1) is 14.8. The molecule has 0 saturated heterocycles. The van der Waals surface area contributed by atoms with Gasteiger partial charge in [0.25, 0.3) is 5.69 Å². The molecule has 112 valence electrons. The number of non-ortho nitro benzene ring substituents is 1. The lowest BCUT2D eigenvalue weighted by Gasteiger charge is -2.13. The number of rotatable bonds is 3. The molecular formula is C12H11F3N4O2. The molecule has 0 aliphatic heterocycles. The summed E-state index contributed by atoms with van der Waals surface area (Å²) in [6.45, 7) is 1.64. The highest BCUT2D eigenvalue weighted by Gasteiger charge is 2.35. The lowest BCUT2D eigenvalue weighted by molar-refractivity contribution is -0.385. The van der Waals surface area contributed by atoms with Crippen molar-refractivity contribution in [2.24, 2.45) is 7.05 Å². The van der Waals surface area contributed by atoms with Crippen LogP contribution in [0, 0.1) is 17.0 Å². The van der Waals surface area contributed by atoms with Crippen LogP contribution in [0.15, 0.2) is 24.4 Å². The van der Waals surface area contributed by atoms with Gasteiger partial charge in [0, 0.05) is 25.4 Å². The lowest BCUT2D eigenvalue weighted by Crippen LogP contribution is -2.09. The third-order valence-electron chi connectivity index (χ3n) is 2.80. The van der Waals surface area contributed by atoms with E-state index in [1.807, 2.05) is 0 Å². The number of anilines is 2. The number of nitrogens with one attached hydrogen (secondary N) is 1. The van der Waals surface area contributed by atoms with Gasteiger partial charge in [-0.05, 0) is 13.0 Å². The zero-order chi connectivity index (χ0) is 15.8.